The van der Waals surface area contributed by atoms with E-state index in [0.717, 1.165) is 6.42 Å². The quantitative estimate of drug-likeness (QED) is 0.550. The molecule has 0 fully saturated rings. The Morgan fingerprint density at radius 2 is 1.73 bits per heavy atom. The number of carbonyl (C=O) groups is 3. The second kappa shape index (κ2) is 11.2. The molecule has 0 heterocycles. The monoisotopic (exact) mass is 479 g/mol. The van der Waals surface area contributed by atoms with Crippen LogP contribution in [0.4, 0.5) is 0 Å². The van der Waals surface area contributed by atoms with Crippen molar-refractivity contribution in [3.8, 4) is 17.2 Å². The van der Waals surface area contributed by atoms with Crippen molar-refractivity contribution in [3.05, 3.63) is 52.0 Å². The van der Waals surface area contributed by atoms with Crippen molar-refractivity contribution in [1.82, 2.24) is 5.32 Å². The standard InChI is InChI=1S/C21H22BrNO7/c1-4-9-29-19-15(22)10-13(11-17(19)28-3)21(26)30-12-18(24)23-20(25)14-7-5-6-8-16(14)27-2/h5-8,10-11H,4,9,12H2,1-3H3,(H,23,24,25). The number of benzene rings is 2. The Bertz CT molecular complexity index is 930. The maximum absolute atomic E-state index is 12.3. The predicted octanol–water partition coefficient (Wildman–Crippen LogP) is 3.37. The van der Waals surface area contributed by atoms with Gasteiger partial charge in [-0.3, -0.25) is 14.9 Å². The van der Waals surface area contributed by atoms with E-state index in [1.807, 2.05) is 6.92 Å². The van der Waals surface area contributed by atoms with Crippen LogP contribution in [0.1, 0.15) is 34.1 Å². The Morgan fingerprint density at radius 3 is 2.40 bits per heavy atom. The van der Waals surface area contributed by atoms with Crippen LogP contribution < -0.4 is 19.5 Å². The van der Waals surface area contributed by atoms with E-state index in [1.54, 1.807) is 18.2 Å². The molecular weight excluding hydrogens is 458 g/mol. The summed E-state index contributed by atoms with van der Waals surface area (Å²) in [6.07, 6.45) is 0.808. The number of imide groups is 1. The van der Waals surface area contributed by atoms with Crippen molar-refractivity contribution in [2.24, 2.45) is 0 Å². The number of ether oxygens (including phenoxy) is 4. The first-order chi connectivity index (χ1) is 14.4. The van der Waals surface area contributed by atoms with Crippen molar-refractivity contribution in [2.75, 3.05) is 27.4 Å². The van der Waals surface area contributed by atoms with Gasteiger partial charge in [0.15, 0.2) is 18.1 Å². The molecule has 30 heavy (non-hydrogen) atoms. The van der Waals surface area contributed by atoms with Crippen LogP contribution in [0.5, 0.6) is 17.2 Å². The smallest absolute Gasteiger partial charge is 0.338 e. The van der Waals surface area contributed by atoms with E-state index in [0.29, 0.717) is 28.3 Å². The van der Waals surface area contributed by atoms with E-state index in [4.69, 9.17) is 18.9 Å². The zero-order valence-electron chi connectivity index (χ0n) is 16.8. The van der Waals surface area contributed by atoms with Gasteiger partial charge in [-0.1, -0.05) is 19.1 Å². The Labute approximate surface area is 182 Å². The molecule has 0 aliphatic rings. The van der Waals surface area contributed by atoms with Gasteiger partial charge in [0, 0.05) is 0 Å². The van der Waals surface area contributed by atoms with Gasteiger partial charge in [-0.25, -0.2) is 4.79 Å². The van der Waals surface area contributed by atoms with Crippen LogP contribution in [0.15, 0.2) is 40.9 Å². The summed E-state index contributed by atoms with van der Waals surface area (Å²) in [6.45, 7) is 1.82. The Hall–Kier alpha value is -3.07. The molecule has 9 heteroatoms. The topological polar surface area (TPSA) is 100 Å². The molecule has 0 radical (unpaired) electrons. The number of methoxy groups -OCH3 is 2. The molecule has 8 nitrogen and oxygen atoms in total. The number of carbonyl (C=O) groups excluding carboxylic acids is 3. The summed E-state index contributed by atoms with van der Waals surface area (Å²) in [5.41, 5.74) is 0.349. The molecule has 0 saturated heterocycles. The number of amides is 2. The minimum atomic E-state index is -0.770. The van der Waals surface area contributed by atoms with Gasteiger partial charge < -0.3 is 18.9 Å². The number of nitrogens with one attached hydrogen (secondary N) is 1. The first-order valence-corrected chi connectivity index (χ1v) is 9.85. The lowest BCUT2D eigenvalue weighted by Crippen LogP contribution is -2.34. The summed E-state index contributed by atoms with van der Waals surface area (Å²) in [6, 6.07) is 9.41. The molecule has 0 aromatic heterocycles. The molecule has 0 aliphatic carbocycles. The van der Waals surface area contributed by atoms with Crippen LogP contribution in [0.2, 0.25) is 0 Å². The highest BCUT2D eigenvalue weighted by Crippen LogP contribution is 2.37. The largest absolute Gasteiger partial charge is 0.496 e. The molecule has 0 bridgehead atoms. The average Bonchev–Trinajstić information content (AvgIpc) is 2.75. The van der Waals surface area contributed by atoms with Crippen molar-refractivity contribution in [2.45, 2.75) is 13.3 Å². The van der Waals surface area contributed by atoms with Gasteiger partial charge in [0.25, 0.3) is 11.8 Å². The summed E-state index contributed by atoms with van der Waals surface area (Å²) in [5, 5.41) is 2.15. The molecule has 2 aromatic carbocycles. The normalized spacial score (nSPS) is 10.1. The first-order valence-electron chi connectivity index (χ1n) is 9.05. The lowest BCUT2D eigenvalue weighted by atomic mass is 10.2. The molecule has 1 N–H and O–H groups in total. The summed E-state index contributed by atoms with van der Waals surface area (Å²) >= 11 is 3.34. The van der Waals surface area contributed by atoms with Crippen molar-refractivity contribution < 1.29 is 33.3 Å². The van der Waals surface area contributed by atoms with Crippen molar-refractivity contribution in [3.63, 3.8) is 0 Å². The third-order valence-corrected chi connectivity index (χ3v) is 4.44. The number of halogens is 1. The lowest BCUT2D eigenvalue weighted by Gasteiger charge is -2.13. The number of rotatable bonds is 9. The maximum Gasteiger partial charge on any atom is 0.338 e. The van der Waals surface area contributed by atoms with Crippen LogP contribution in [0, 0.1) is 0 Å². The minimum absolute atomic E-state index is 0.159. The van der Waals surface area contributed by atoms with Crippen LogP contribution in [-0.4, -0.2) is 45.2 Å². The summed E-state index contributed by atoms with van der Waals surface area (Å²) in [5.74, 6) is -1.04. The highest BCUT2D eigenvalue weighted by molar-refractivity contribution is 9.10. The van der Waals surface area contributed by atoms with E-state index >= 15 is 0 Å². The first kappa shape index (κ1) is 23.2. The van der Waals surface area contributed by atoms with E-state index in [9.17, 15) is 14.4 Å². The van der Waals surface area contributed by atoms with Crippen molar-refractivity contribution in [1.29, 1.82) is 0 Å². The number of hydrogen-bond acceptors (Lipinski definition) is 7. The molecule has 0 unspecified atom stereocenters. The van der Waals surface area contributed by atoms with Crippen LogP contribution in [0.25, 0.3) is 0 Å². The molecule has 2 amide bonds. The zero-order chi connectivity index (χ0) is 22.1. The lowest BCUT2D eigenvalue weighted by molar-refractivity contribution is -0.123. The average molecular weight is 480 g/mol. The maximum atomic E-state index is 12.3. The highest BCUT2D eigenvalue weighted by Gasteiger charge is 2.19. The van der Waals surface area contributed by atoms with Crippen molar-refractivity contribution >= 4 is 33.7 Å². The minimum Gasteiger partial charge on any atom is -0.496 e. The summed E-state index contributed by atoms with van der Waals surface area (Å²) in [4.78, 5) is 36.6. The van der Waals surface area contributed by atoms with Gasteiger partial charge in [-0.05, 0) is 46.6 Å². The van der Waals surface area contributed by atoms with Crippen LogP contribution in [0.3, 0.4) is 0 Å². The SMILES string of the molecule is CCCOc1c(Br)cc(C(=O)OCC(=O)NC(=O)c2ccccc2OC)cc1OC. The Morgan fingerprint density at radius 1 is 1.03 bits per heavy atom. The van der Waals surface area contributed by atoms with Gasteiger partial charge in [0.05, 0.1) is 36.4 Å². The number of para-hydroxylation sites is 1. The van der Waals surface area contributed by atoms with E-state index in [2.05, 4.69) is 21.2 Å². The molecule has 0 saturated carbocycles. The molecule has 2 rings (SSSR count). The van der Waals surface area contributed by atoms with Gasteiger partial charge in [0.2, 0.25) is 0 Å². The second-order valence-corrected chi connectivity index (χ2v) is 6.85. The van der Waals surface area contributed by atoms with Gasteiger partial charge in [0.1, 0.15) is 5.75 Å². The summed E-state index contributed by atoms with van der Waals surface area (Å²) < 4.78 is 21.5. The molecule has 160 valence electrons. The third-order valence-electron chi connectivity index (χ3n) is 3.85. The highest BCUT2D eigenvalue weighted by atomic mass is 79.9. The fourth-order valence-electron chi connectivity index (χ4n) is 2.46. The zero-order valence-corrected chi connectivity index (χ0v) is 18.4. The molecular formula is C21H22BrNO7. The van der Waals surface area contributed by atoms with Crippen LogP contribution in [-0.2, 0) is 9.53 Å². The third kappa shape index (κ3) is 5.96. The molecule has 0 aliphatic heterocycles. The number of hydrogen-bond donors (Lipinski definition) is 1. The number of esters is 1. The van der Waals surface area contributed by atoms with E-state index in [-0.39, 0.29) is 11.1 Å². The predicted molar refractivity (Wildman–Crippen MR) is 112 cm³/mol. The fraction of sp³-hybridized carbons (Fsp3) is 0.286. The molecule has 0 spiro atoms. The Balaban J connectivity index is 2.00. The van der Waals surface area contributed by atoms with Gasteiger partial charge >= 0.3 is 5.97 Å². The van der Waals surface area contributed by atoms with Crippen LogP contribution >= 0.6 is 15.9 Å². The second-order valence-electron chi connectivity index (χ2n) is 5.99. The molecule has 0 atom stereocenters. The van der Waals surface area contributed by atoms with Gasteiger partial charge in [-0.2, -0.15) is 0 Å². The van der Waals surface area contributed by atoms with E-state index < -0.39 is 24.4 Å². The molecule has 2 aromatic rings. The Kier molecular flexibility index (Phi) is 8.67. The van der Waals surface area contributed by atoms with Gasteiger partial charge in [-0.15, -0.1) is 0 Å². The fourth-order valence-corrected chi connectivity index (χ4v) is 3.02. The summed E-state index contributed by atoms with van der Waals surface area (Å²) in [7, 11) is 2.87. The van der Waals surface area contributed by atoms with E-state index in [1.165, 1.54) is 32.4 Å².